The molecule has 1 heterocycles. The maximum atomic E-state index is 12.8. The molecule has 1 amide bonds. The molecule has 126 valence electrons. The molecule has 1 saturated heterocycles. The molecule has 3 aliphatic rings. The van der Waals surface area contributed by atoms with E-state index in [2.05, 4.69) is 4.90 Å². The van der Waals surface area contributed by atoms with Crippen molar-refractivity contribution in [3.63, 3.8) is 0 Å². The van der Waals surface area contributed by atoms with Crippen molar-refractivity contribution in [1.29, 1.82) is 0 Å². The molecule has 0 spiro atoms. The molecular weight excluding hydrogens is 318 g/mol. The van der Waals surface area contributed by atoms with E-state index in [9.17, 15) is 13.2 Å². The highest BCUT2D eigenvalue weighted by Crippen LogP contribution is 2.33. The zero-order chi connectivity index (χ0) is 15.6. The van der Waals surface area contributed by atoms with E-state index < -0.39 is 9.84 Å². The Morgan fingerprint density at radius 1 is 0.955 bits per heavy atom. The van der Waals surface area contributed by atoms with Crippen LogP contribution in [0.4, 0.5) is 0 Å². The largest absolute Gasteiger partial charge is 0.336 e. The van der Waals surface area contributed by atoms with Gasteiger partial charge in [0, 0.05) is 17.3 Å². The Balaban J connectivity index is 1.57. The minimum Gasteiger partial charge on any atom is -0.336 e. The Hall–Kier alpha value is -0.230. The highest BCUT2D eigenvalue weighted by atomic mass is 32.2. The van der Waals surface area contributed by atoms with Crippen LogP contribution < -0.4 is 0 Å². The zero-order valence-corrected chi connectivity index (χ0v) is 14.8. The average Bonchev–Trinajstić information content (AvgIpc) is 3.19. The summed E-state index contributed by atoms with van der Waals surface area (Å²) in [5.74, 6) is 1.28. The lowest BCUT2D eigenvalue weighted by molar-refractivity contribution is -0.133. The summed E-state index contributed by atoms with van der Waals surface area (Å²) in [5.41, 5.74) is 0. The molecule has 4 nitrogen and oxygen atoms in total. The fraction of sp³-hybridized carbons (Fsp3) is 0.938. The van der Waals surface area contributed by atoms with E-state index >= 15 is 0 Å². The van der Waals surface area contributed by atoms with E-state index in [1.165, 1.54) is 25.7 Å². The van der Waals surface area contributed by atoms with Gasteiger partial charge in [0.1, 0.15) is 0 Å². The second-order valence-electron chi connectivity index (χ2n) is 7.01. The van der Waals surface area contributed by atoms with Crippen LogP contribution in [0.5, 0.6) is 0 Å². The van der Waals surface area contributed by atoms with Gasteiger partial charge in [-0.1, -0.05) is 25.7 Å². The minimum absolute atomic E-state index is 0.128. The number of amides is 1. The molecule has 6 heteroatoms. The Bertz CT molecular complexity index is 478. The van der Waals surface area contributed by atoms with E-state index in [4.69, 9.17) is 0 Å². The number of sulfone groups is 1. The molecule has 2 aliphatic carbocycles. The number of thioether (sulfide) groups is 1. The number of nitrogens with zero attached hydrogens (tertiary/aromatic N) is 1. The molecule has 0 aromatic carbocycles. The smallest absolute Gasteiger partial charge is 0.233 e. The van der Waals surface area contributed by atoms with Crippen molar-refractivity contribution in [1.82, 2.24) is 4.90 Å². The van der Waals surface area contributed by atoms with Crippen LogP contribution in [0.3, 0.4) is 0 Å². The normalized spacial score (nSPS) is 29.2. The highest BCUT2D eigenvalue weighted by Gasteiger charge is 2.35. The van der Waals surface area contributed by atoms with Gasteiger partial charge in [0.15, 0.2) is 9.84 Å². The summed E-state index contributed by atoms with van der Waals surface area (Å²) >= 11 is 1.57. The maximum absolute atomic E-state index is 12.8. The fourth-order valence-electron chi connectivity index (χ4n) is 4.23. The van der Waals surface area contributed by atoms with Gasteiger partial charge in [-0.2, -0.15) is 0 Å². The van der Waals surface area contributed by atoms with Crippen molar-refractivity contribution >= 4 is 27.5 Å². The molecule has 0 N–H and O–H groups in total. The third-order valence-electron chi connectivity index (χ3n) is 5.36. The Morgan fingerprint density at radius 3 is 1.95 bits per heavy atom. The summed E-state index contributed by atoms with van der Waals surface area (Å²) in [7, 11) is -2.84. The molecule has 2 saturated carbocycles. The predicted octanol–water partition coefficient (Wildman–Crippen LogP) is 2.62. The Labute approximate surface area is 138 Å². The van der Waals surface area contributed by atoms with Crippen molar-refractivity contribution in [2.45, 2.75) is 75.1 Å². The van der Waals surface area contributed by atoms with Crippen LogP contribution in [-0.2, 0) is 14.6 Å². The van der Waals surface area contributed by atoms with Gasteiger partial charge in [0.25, 0.3) is 0 Å². The van der Waals surface area contributed by atoms with Gasteiger partial charge in [0.05, 0.1) is 17.3 Å². The highest BCUT2D eigenvalue weighted by molar-refractivity contribution is 8.02. The molecular formula is C16H27NO3S2. The van der Waals surface area contributed by atoms with Gasteiger partial charge in [-0.05, 0) is 32.1 Å². The van der Waals surface area contributed by atoms with Crippen molar-refractivity contribution in [2.24, 2.45) is 0 Å². The summed E-state index contributed by atoms with van der Waals surface area (Å²) in [6.07, 6.45) is 10.3. The van der Waals surface area contributed by atoms with Crippen LogP contribution in [0.1, 0.15) is 57.8 Å². The maximum Gasteiger partial charge on any atom is 0.233 e. The Kier molecular flexibility index (Phi) is 5.38. The first-order chi connectivity index (χ1) is 10.6. The Morgan fingerprint density at radius 2 is 1.50 bits per heavy atom. The number of hydrogen-bond donors (Lipinski definition) is 0. The van der Waals surface area contributed by atoms with E-state index in [0.29, 0.717) is 30.0 Å². The van der Waals surface area contributed by atoms with Gasteiger partial charge >= 0.3 is 0 Å². The summed E-state index contributed by atoms with van der Waals surface area (Å²) in [6, 6.07) is 0.895. The van der Waals surface area contributed by atoms with Gasteiger partial charge in [-0.25, -0.2) is 8.42 Å². The van der Waals surface area contributed by atoms with Gasteiger partial charge in [-0.3, -0.25) is 4.79 Å². The van der Waals surface area contributed by atoms with Gasteiger partial charge < -0.3 is 4.90 Å². The molecule has 0 bridgehead atoms. The zero-order valence-electron chi connectivity index (χ0n) is 13.2. The van der Waals surface area contributed by atoms with E-state index in [0.717, 1.165) is 25.7 Å². The first kappa shape index (κ1) is 16.6. The quantitative estimate of drug-likeness (QED) is 0.768. The van der Waals surface area contributed by atoms with Crippen LogP contribution >= 0.6 is 11.8 Å². The molecule has 1 aliphatic heterocycles. The standard InChI is InChI=1S/C16H27NO3S2/c18-16(11-21-15-9-10-22(19,20)12-15)17(13-5-1-2-6-13)14-7-3-4-8-14/h13-15H,1-12H2. The minimum atomic E-state index is -2.84. The summed E-state index contributed by atoms with van der Waals surface area (Å²) in [6.45, 7) is 0. The topological polar surface area (TPSA) is 54.5 Å². The summed E-state index contributed by atoms with van der Waals surface area (Å²) in [5, 5.41) is 0.128. The number of carbonyl (C=O) groups is 1. The molecule has 0 radical (unpaired) electrons. The summed E-state index contributed by atoms with van der Waals surface area (Å²) in [4.78, 5) is 15.0. The molecule has 3 fully saturated rings. The van der Waals surface area contributed by atoms with Crippen LogP contribution in [0, 0.1) is 0 Å². The second-order valence-corrected chi connectivity index (χ2v) is 10.5. The van der Waals surface area contributed by atoms with Gasteiger partial charge in [-0.15, -0.1) is 11.8 Å². The monoisotopic (exact) mass is 345 g/mol. The van der Waals surface area contributed by atoms with E-state index in [1.807, 2.05) is 0 Å². The van der Waals surface area contributed by atoms with Crippen LogP contribution in [-0.4, -0.2) is 53.8 Å². The fourth-order valence-corrected chi connectivity index (χ4v) is 7.74. The first-order valence-electron chi connectivity index (χ1n) is 8.68. The van der Waals surface area contributed by atoms with Crippen molar-refractivity contribution in [3.8, 4) is 0 Å². The van der Waals surface area contributed by atoms with E-state index in [1.54, 1.807) is 11.8 Å². The number of rotatable bonds is 5. The SMILES string of the molecule is O=C(CSC1CCS(=O)(=O)C1)N(C1CCCC1)C1CCCC1. The predicted molar refractivity (Wildman–Crippen MR) is 90.9 cm³/mol. The van der Waals surface area contributed by atoms with Crippen molar-refractivity contribution in [3.05, 3.63) is 0 Å². The lowest BCUT2D eigenvalue weighted by atomic mass is 10.1. The number of carbonyl (C=O) groups excluding carboxylic acids is 1. The van der Waals surface area contributed by atoms with Crippen molar-refractivity contribution < 1.29 is 13.2 Å². The van der Waals surface area contributed by atoms with E-state index in [-0.39, 0.29) is 16.9 Å². The molecule has 1 atom stereocenters. The molecule has 22 heavy (non-hydrogen) atoms. The molecule has 0 aromatic heterocycles. The third kappa shape index (κ3) is 3.99. The lowest BCUT2D eigenvalue weighted by Crippen LogP contribution is -2.46. The second kappa shape index (κ2) is 7.12. The molecule has 1 unspecified atom stereocenters. The van der Waals surface area contributed by atoms with Crippen LogP contribution in [0.15, 0.2) is 0 Å². The molecule has 0 aromatic rings. The average molecular weight is 346 g/mol. The van der Waals surface area contributed by atoms with Crippen LogP contribution in [0.2, 0.25) is 0 Å². The lowest BCUT2D eigenvalue weighted by Gasteiger charge is -2.35. The van der Waals surface area contributed by atoms with Gasteiger partial charge in [0.2, 0.25) is 5.91 Å². The summed E-state index contributed by atoms with van der Waals surface area (Å²) < 4.78 is 23.1. The number of hydrogen-bond acceptors (Lipinski definition) is 4. The van der Waals surface area contributed by atoms with Crippen molar-refractivity contribution in [2.75, 3.05) is 17.3 Å². The van der Waals surface area contributed by atoms with Crippen LogP contribution in [0.25, 0.3) is 0 Å². The third-order valence-corrected chi connectivity index (χ3v) is 8.62. The first-order valence-corrected chi connectivity index (χ1v) is 11.6. The molecule has 3 rings (SSSR count).